The number of nitrogens with zero attached hydrogens (tertiary/aromatic N) is 1. The van der Waals surface area contributed by atoms with E-state index in [1.165, 1.54) is 13.2 Å². The zero-order valence-electron chi connectivity index (χ0n) is 13.6. The fourth-order valence-corrected chi connectivity index (χ4v) is 1.72. The van der Waals surface area contributed by atoms with Crippen molar-refractivity contribution < 1.29 is 23.8 Å². The van der Waals surface area contributed by atoms with Gasteiger partial charge in [-0.05, 0) is 38.5 Å². The van der Waals surface area contributed by atoms with E-state index in [4.69, 9.17) is 14.7 Å². The maximum Gasteiger partial charge on any atom is 0.509 e. The molecular formula is C17H19NO5. The minimum absolute atomic E-state index is 0.0755. The van der Waals surface area contributed by atoms with Gasteiger partial charge in [0, 0.05) is 0 Å². The first kappa shape index (κ1) is 18.2. The van der Waals surface area contributed by atoms with Gasteiger partial charge in [0.1, 0.15) is 5.60 Å². The molecule has 0 aliphatic heterocycles. The molecule has 0 radical (unpaired) electrons. The van der Waals surface area contributed by atoms with E-state index >= 15 is 0 Å². The highest BCUT2D eigenvalue weighted by Gasteiger charge is 2.28. The van der Waals surface area contributed by atoms with Gasteiger partial charge in [-0.3, -0.25) is 0 Å². The maximum atomic E-state index is 11.9. The van der Waals surface area contributed by atoms with E-state index in [0.29, 0.717) is 11.1 Å². The highest BCUT2D eigenvalue weighted by atomic mass is 16.7. The van der Waals surface area contributed by atoms with Crippen molar-refractivity contribution in [1.82, 2.24) is 0 Å². The first-order valence-electron chi connectivity index (χ1n) is 6.84. The summed E-state index contributed by atoms with van der Waals surface area (Å²) in [6, 6.07) is 8.30. The van der Waals surface area contributed by atoms with E-state index in [-0.39, 0.29) is 5.57 Å². The van der Waals surface area contributed by atoms with Gasteiger partial charge in [-0.15, -0.1) is 0 Å². The summed E-state index contributed by atoms with van der Waals surface area (Å²) in [7, 11) is 1.20. The van der Waals surface area contributed by atoms with Gasteiger partial charge in [-0.25, -0.2) is 9.59 Å². The second-order valence-corrected chi connectivity index (χ2v) is 5.72. The van der Waals surface area contributed by atoms with Crippen molar-refractivity contribution in [2.24, 2.45) is 0 Å². The summed E-state index contributed by atoms with van der Waals surface area (Å²) < 4.78 is 14.9. The molecule has 0 N–H and O–H groups in total. The molecule has 23 heavy (non-hydrogen) atoms. The molecule has 1 rings (SSSR count). The van der Waals surface area contributed by atoms with E-state index < -0.39 is 23.8 Å². The molecule has 0 aromatic heterocycles. The molecule has 1 unspecified atom stereocenters. The largest absolute Gasteiger partial charge is 0.509 e. The Bertz CT molecular complexity index is 652. The molecule has 0 spiro atoms. The van der Waals surface area contributed by atoms with Crippen LogP contribution in [0.2, 0.25) is 0 Å². The summed E-state index contributed by atoms with van der Waals surface area (Å²) >= 11 is 0. The van der Waals surface area contributed by atoms with Crippen LogP contribution in [0.25, 0.3) is 0 Å². The summed E-state index contributed by atoms with van der Waals surface area (Å²) in [6.07, 6.45) is -2.06. The normalized spacial score (nSPS) is 11.8. The first-order valence-corrected chi connectivity index (χ1v) is 6.84. The number of hydrogen-bond acceptors (Lipinski definition) is 6. The Kier molecular flexibility index (Phi) is 5.91. The molecule has 1 atom stereocenters. The third kappa shape index (κ3) is 5.47. The van der Waals surface area contributed by atoms with Gasteiger partial charge < -0.3 is 14.2 Å². The highest BCUT2D eigenvalue weighted by molar-refractivity contribution is 5.89. The molecule has 122 valence electrons. The Morgan fingerprint density at radius 1 is 1.30 bits per heavy atom. The first-order chi connectivity index (χ1) is 10.7. The van der Waals surface area contributed by atoms with Crippen LogP contribution in [-0.4, -0.2) is 24.8 Å². The number of rotatable bonds is 4. The molecular weight excluding hydrogens is 298 g/mol. The second-order valence-electron chi connectivity index (χ2n) is 5.72. The maximum absolute atomic E-state index is 11.9. The van der Waals surface area contributed by atoms with Crippen molar-refractivity contribution in [2.45, 2.75) is 32.5 Å². The Hall–Kier alpha value is -2.81. The van der Waals surface area contributed by atoms with Gasteiger partial charge in [0.15, 0.2) is 6.10 Å². The van der Waals surface area contributed by atoms with Crippen LogP contribution in [0.15, 0.2) is 36.4 Å². The molecule has 0 fully saturated rings. The summed E-state index contributed by atoms with van der Waals surface area (Å²) in [6.45, 7) is 8.68. The number of hydrogen-bond donors (Lipinski definition) is 0. The van der Waals surface area contributed by atoms with E-state index in [1.807, 2.05) is 6.07 Å². The van der Waals surface area contributed by atoms with Gasteiger partial charge in [0.25, 0.3) is 0 Å². The van der Waals surface area contributed by atoms with Crippen molar-refractivity contribution in [2.75, 3.05) is 7.11 Å². The minimum atomic E-state index is -1.11. The second kappa shape index (κ2) is 7.45. The van der Waals surface area contributed by atoms with Crippen molar-refractivity contribution in [3.8, 4) is 6.07 Å². The molecule has 0 aliphatic carbocycles. The van der Waals surface area contributed by atoms with Gasteiger partial charge in [0.05, 0.1) is 24.3 Å². The Morgan fingerprint density at radius 3 is 2.48 bits per heavy atom. The molecule has 0 bridgehead atoms. The van der Waals surface area contributed by atoms with Crippen molar-refractivity contribution >= 4 is 12.1 Å². The Labute approximate surface area is 135 Å². The number of nitriles is 1. The monoisotopic (exact) mass is 317 g/mol. The number of methoxy groups -OCH3 is 1. The summed E-state index contributed by atoms with van der Waals surface area (Å²) in [5.74, 6) is -0.721. The molecule has 1 aromatic carbocycles. The van der Waals surface area contributed by atoms with Crippen LogP contribution >= 0.6 is 0 Å². The van der Waals surface area contributed by atoms with Crippen LogP contribution in [0.1, 0.15) is 38.0 Å². The highest BCUT2D eigenvalue weighted by Crippen LogP contribution is 2.27. The van der Waals surface area contributed by atoms with Gasteiger partial charge in [0.2, 0.25) is 0 Å². The number of benzene rings is 1. The summed E-state index contributed by atoms with van der Waals surface area (Å²) in [5.41, 5.74) is -0.0420. The number of carbonyl (C=O) groups is 2. The quantitative estimate of drug-likeness (QED) is 0.625. The van der Waals surface area contributed by atoms with E-state index in [9.17, 15) is 9.59 Å². The Morgan fingerprint density at radius 2 is 1.96 bits per heavy atom. The fourth-order valence-electron chi connectivity index (χ4n) is 1.72. The fraction of sp³-hybridized carbons (Fsp3) is 0.353. The van der Waals surface area contributed by atoms with Crippen LogP contribution in [0.4, 0.5) is 4.79 Å². The zero-order valence-corrected chi connectivity index (χ0v) is 13.6. The summed E-state index contributed by atoms with van der Waals surface area (Å²) in [5, 5.41) is 8.98. The van der Waals surface area contributed by atoms with Crippen molar-refractivity contribution in [3.05, 3.63) is 47.5 Å². The number of ether oxygens (including phenoxy) is 3. The van der Waals surface area contributed by atoms with E-state index in [1.54, 1.807) is 39.0 Å². The Balaban J connectivity index is 3.12. The van der Waals surface area contributed by atoms with E-state index in [0.717, 1.165) is 0 Å². The van der Waals surface area contributed by atoms with Crippen LogP contribution in [-0.2, 0) is 19.0 Å². The molecule has 6 heteroatoms. The third-order valence-electron chi connectivity index (χ3n) is 2.69. The van der Waals surface area contributed by atoms with Crippen LogP contribution in [0.3, 0.4) is 0 Å². The lowest BCUT2D eigenvalue weighted by atomic mass is 10.0. The van der Waals surface area contributed by atoms with Crippen molar-refractivity contribution in [3.63, 3.8) is 0 Å². The van der Waals surface area contributed by atoms with E-state index in [2.05, 4.69) is 11.3 Å². The lowest BCUT2D eigenvalue weighted by Gasteiger charge is -2.23. The van der Waals surface area contributed by atoms with Crippen LogP contribution in [0, 0.1) is 11.3 Å². The standard InChI is InChI=1S/C17H19NO5/c1-11(15(19)21-5)14(22-16(20)23-17(2,3)4)13-8-6-7-12(9-13)10-18/h6-9,14H,1H2,2-5H3. The molecule has 0 heterocycles. The molecule has 0 saturated heterocycles. The van der Waals surface area contributed by atoms with Crippen LogP contribution < -0.4 is 0 Å². The molecule has 1 aromatic rings. The molecule has 0 aliphatic rings. The number of esters is 1. The molecule has 0 saturated carbocycles. The zero-order chi connectivity index (χ0) is 17.6. The van der Waals surface area contributed by atoms with Crippen molar-refractivity contribution in [1.29, 1.82) is 5.26 Å². The predicted molar refractivity (Wildman–Crippen MR) is 82.4 cm³/mol. The predicted octanol–water partition coefficient (Wildman–Crippen LogP) is 3.28. The lowest BCUT2D eigenvalue weighted by molar-refractivity contribution is -0.137. The number of carbonyl (C=O) groups excluding carboxylic acids is 2. The SMILES string of the molecule is C=C(C(=O)OC)C(OC(=O)OC(C)(C)C)c1cccc(C#N)c1. The van der Waals surface area contributed by atoms with Crippen LogP contribution in [0.5, 0.6) is 0 Å². The average molecular weight is 317 g/mol. The molecule has 6 nitrogen and oxygen atoms in total. The third-order valence-corrected chi connectivity index (χ3v) is 2.69. The smallest absolute Gasteiger partial charge is 0.466 e. The van der Waals surface area contributed by atoms with Gasteiger partial charge in [-0.2, -0.15) is 5.26 Å². The lowest BCUT2D eigenvalue weighted by Crippen LogP contribution is -2.27. The average Bonchev–Trinajstić information content (AvgIpc) is 2.49. The minimum Gasteiger partial charge on any atom is -0.466 e. The topological polar surface area (TPSA) is 85.6 Å². The summed E-state index contributed by atoms with van der Waals surface area (Å²) in [4.78, 5) is 23.6. The molecule has 0 amide bonds. The van der Waals surface area contributed by atoms with Gasteiger partial charge in [-0.1, -0.05) is 18.7 Å². The van der Waals surface area contributed by atoms with Gasteiger partial charge >= 0.3 is 12.1 Å².